The lowest BCUT2D eigenvalue weighted by Crippen LogP contribution is -2.05. The third-order valence-electron chi connectivity index (χ3n) is 7.21. The third kappa shape index (κ3) is 6.38. The molecule has 0 saturated heterocycles. The van der Waals surface area contributed by atoms with Crippen molar-refractivity contribution in [2.24, 2.45) is 5.92 Å². The van der Waals surface area contributed by atoms with E-state index in [-0.39, 0.29) is 29.0 Å². The molecule has 1 atom stereocenters. The van der Waals surface area contributed by atoms with Crippen molar-refractivity contribution in [2.45, 2.75) is 58.8 Å². The quantitative estimate of drug-likeness (QED) is 0.190. The maximum atomic E-state index is 15.0. The number of ether oxygens (including phenoxy) is 1. The van der Waals surface area contributed by atoms with E-state index in [1.165, 1.54) is 37.8 Å². The minimum Gasteiger partial charge on any atom is -0.491 e. The Kier molecular flexibility index (Phi) is 9.43. The predicted octanol–water partition coefficient (Wildman–Crippen LogP) is 10.3. The molecule has 0 aromatic heterocycles. The highest BCUT2D eigenvalue weighted by molar-refractivity contribution is 5.72. The molecule has 0 bridgehead atoms. The summed E-state index contributed by atoms with van der Waals surface area (Å²) in [5.74, 6) is -3.34. The first kappa shape index (κ1) is 27.7. The van der Waals surface area contributed by atoms with Gasteiger partial charge in [-0.25, -0.2) is 13.2 Å². The van der Waals surface area contributed by atoms with E-state index in [9.17, 15) is 13.2 Å². The van der Waals surface area contributed by atoms with Crippen molar-refractivity contribution in [1.82, 2.24) is 0 Å². The van der Waals surface area contributed by atoms with Gasteiger partial charge < -0.3 is 4.74 Å². The second kappa shape index (κ2) is 12.9. The molecular formula is C33H34F4O. The van der Waals surface area contributed by atoms with Gasteiger partial charge in [0.25, 0.3) is 0 Å². The second-order valence-corrected chi connectivity index (χ2v) is 9.83. The Labute approximate surface area is 222 Å². The highest BCUT2D eigenvalue weighted by atomic mass is 19.2. The van der Waals surface area contributed by atoms with Crippen molar-refractivity contribution in [3.05, 3.63) is 95.1 Å². The molecule has 0 heterocycles. The molecule has 3 aromatic rings. The molecule has 0 N–H and O–H groups in total. The van der Waals surface area contributed by atoms with Gasteiger partial charge in [0.2, 0.25) is 5.82 Å². The van der Waals surface area contributed by atoms with E-state index in [4.69, 9.17) is 4.74 Å². The van der Waals surface area contributed by atoms with Gasteiger partial charge in [0.1, 0.15) is 0 Å². The molecule has 1 nitrogen and oxygen atoms in total. The lowest BCUT2D eigenvalue weighted by molar-refractivity contribution is 0.314. The zero-order valence-corrected chi connectivity index (χ0v) is 22.0. The van der Waals surface area contributed by atoms with Gasteiger partial charge >= 0.3 is 0 Å². The lowest BCUT2D eigenvalue weighted by atomic mass is 9.86. The summed E-state index contributed by atoms with van der Waals surface area (Å²) in [7, 11) is 0. The number of unbranched alkanes of at least 4 members (excludes halogenated alkanes) is 2. The summed E-state index contributed by atoms with van der Waals surface area (Å²) in [6.45, 7) is 4.12. The van der Waals surface area contributed by atoms with Crippen molar-refractivity contribution in [3.8, 4) is 28.0 Å². The average Bonchev–Trinajstić information content (AvgIpc) is 2.93. The number of rotatable bonds is 10. The molecular weight excluding hydrogens is 488 g/mol. The Morgan fingerprint density at radius 2 is 1.42 bits per heavy atom. The smallest absolute Gasteiger partial charge is 0.201 e. The first-order valence-corrected chi connectivity index (χ1v) is 13.5. The van der Waals surface area contributed by atoms with Gasteiger partial charge in [0.15, 0.2) is 23.2 Å². The summed E-state index contributed by atoms with van der Waals surface area (Å²) >= 11 is 0. The molecule has 200 valence electrons. The van der Waals surface area contributed by atoms with Gasteiger partial charge in [-0.2, -0.15) is 4.39 Å². The fourth-order valence-corrected chi connectivity index (χ4v) is 4.97. The standard InChI is InChI=1S/C33H34F4O/c1-3-5-6-7-22-8-10-23(11-9-22)12-13-26-18-19-27(31(35)30(26)34)24-14-16-25(17-15-24)28-20-21-29(38-4-2)33(37)32(28)36/h10,12-22H,3-9,11H2,1-2H3/b13-12+. The van der Waals surface area contributed by atoms with E-state index >= 15 is 4.39 Å². The highest BCUT2D eigenvalue weighted by Gasteiger charge is 2.18. The average molecular weight is 523 g/mol. The Morgan fingerprint density at radius 1 is 0.763 bits per heavy atom. The van der Waals surface area contributed by atoms with Crippen LogP contribution < -0.4 is 4.74 Å². The van der Waals surface area contributed by atoms with Crippen LogP contribution in [0.25, 0.3) is 28.3 Å². The summed E-state index contributed by atoms with van der Waals surface area (Å²) < 4.78 is 63.9. The van der Waals surface area contributed by atoms with Crippen LogP contribution in [0.2, 0.25) is 0 Å². The molecule has 1 aliphatic carbocycles. The Balaban J connectivity index is 1.47. The maximum Gasteiger partial charge on any atom is 0.201 e. The Morgan fingerprint density at radius 3 is 2.03 bits per heavy atom. The summed E-state index contributed by atoms with van der Waals surface area (Å²) in [6, 6.07) is 12.2. The van der Waals surface area contributed by atoms with Crippen molar-refractivity contribution >= 4 is 6.08 Å². The van der Waals surface area contributed by atoms with Crippen LogP contribution in [0.3, 0.4) is 0 Å². The largest absolute Gasteiger partial charge is 0.491 e. The minimum absolute atomic E-state index is 0.0638. The summed E-state index contributed by atoms with van der Waals surface area (Å²) in [5.41, 5.74) is 2.39. The van der Waals surface area contributed by atoms with E-state index < -0.39 is 23.3 Å². The van der Waals surface area contributed by atoms with Gasteiger partial charge in [-0.1, -0.05) is 92.8 Å². The molecule has 0 aliphatic heterocycles. The maximum absolute atomic E-state index is 15.0. The van der Waals surface area contributed by atoms with Gasteiger partial charge in [0, 0.05) is 16.7 Å². The van der Waals surface area contributed by atoms with E-state index in [1.807, 2.05) is 6.08 Å². The first-order valence-electron chi connectivity index (χ1n) is 13.5. The number of hydrogen-bond acceptors (Lipinski definition) is 1. The van der Waals surface area contributed by atoms with Crippen molar-refractivity contribution in [3.63, 3.8) is 0 Å². The van der Waals surface area contributed by atoms with Crippen LogP contribution >= 0.6 is 0 Å². The van der Waals surface area contributed by atoms with Crippen LogP contribution in [0.15, 0.2) is 66.3 Å². The van der Waals surface area contributed by atoms with Gasteiger partial charge in [-0.05, 0) is 55.4 Å². The molecule has 0 amide bonds. The van der Waals surface area contributed by atoms with Gasteiger partial charge in [-0.15, -0.1) is 0 Å². The van der Waals surface area contributed by atoms with Crippen LogP contribution in [0.1, 0.15) is 64.4 Å². The number of halogens is 4. The van der Waals surface area contributed by atoms with Gasteiger partial charge in [-0.3, -0.25) is 0 Å². The van der Waals surface area contributed by atoms with Crippen LogP contribution in [0.4, 0.5) is 17.6 Å². The summed E-state index contributed by atoms with van der Waals surface area (Å²) in [5, 5.41) is 0. The fraction of sp³-hybridized carbons (Fsp3) is 0.333. The highest BCUT2D eigenvalue weighted by Crippen LogP contribution is 2.33. The normalized spacial score (nSPS) is 15.6. The second-order valence-electron chi connectivity index (χ2n) is 9.83. The van der Waals surface area contributed by atoms with Crippen LogP contribution in [0, 0.1) is 29.2 Å². The van der Waals surface area contributed by atoms with Crippen LogP contribution in [-0.2, 0) is 0 Å². The third-order valence-corrected chi connectivity index (χ3v) is 7.21. The van der Waals surface area contributed by atoms with E-state index in [2.05, 4.69) is 13.0 Å². The first-order chi connectivity index (χ1) is 18.4. The number of benzene rings is 3. The lowest BCUT2D eigenvalue weighted by Gasteiger charge is -2.20. The van der Waals surface area contributed by atoms with Crippen LogP contribution in [-0.4, -0.2) is 6.61 Å². The molecule has 0 radical (unpaired) electrons. The van der Waals surface area contributed by atoms with Crippen molar-refractivity contribution in [2.75, 3.05) is 6.61 Å². The SMILES string of the molecule is CCCCCC1CC=C(/C=C/c2ccc(-c3ccc(-c4ccc(OCC)c(F)c4F)cc3)c(F)c2F)CC1. The zero-order chi connectivity index (χ0) is 27.1. The molecule has 5 heteroatoms. The molecule has 3 aromatic carbocycles. The molecule has 4 rings (SSSR count). The zero-order valence-electron chi connectivity index (χ0n) is 22.0. The molecule has 0 spiro atoms. The molecule has 0 saturated carbocycles. The summed E-state index contributed by atoms with van der Waals surface area (Å²) in [6.07, 6.45) is 13.9. The van der Waals surface area contributed by atoms with Crippen molar-refractivity contribution < 1.29 is 22.3 Å². The minimum atomic E-state index is -1.05. The van der Waals surface area contributed by atoms with E-state index in [0.717, 1.165) is 30.8 Å². The van der Waals surface area contributed by atoms with Gasteiger partial charge in [0.05, 0.1) is 6.61 Å². The molecule has 0 fully saturated rings. The summed E-state index contributed by atoms with van der Waals surface area (Å²) in [4.78, 5) is 0. The van der Waals surface area contributed by atoms with E-state index in [0.29, 0.717) is 11.1 Å². The predicted molar refractivity (Wildman–Crippen MR) is 147 cm³/mol. The fourth-order valence-electron chi connectivity index (χ4n) is 4.97. The number of hydrogen-bond donors (Lipinski definition) is 0. The number of allylic oxidation sites excluding steroid dienone is 3. The molecule has 38 heavy (non-hydrogen) atoms. The Hall–Kier alpha value is -3.34. The van der Waals surface area contributed by atoms with E-state index in [1.54, 1.807) is 49.4 Å². The Bertz CT molecular complexity index is 1310. The molecule has 1 aliphatic rings. The monoisotopic (exact) mass is 522 g/mol. The molecule has 1 unspecified atom stereocenters. The topological polar surface area (TPSA) is 9.23 Å². The van der Waals surface area contributed by atoms with Crippen molar-refractivity contribution in [1.29, 1.82) is 0 Å². The van der Waals surface area contributed by atoms with Crippen LogP contribution in [0.5, 0.6) is 5.75 Å².